The van der Waals surface area contributed by atoms with E-state index in [0.717, 1.165) is 29.4 Å². The summed E-state index contributed by atoms with van der Waals surface area (Å²) in [6.45, 7) is 2.26. The lowest BCUT2D eigenvalue weighted by molar-refractivity contribution is 0.0866. The van der Waals surface area contributed by atoms with Crippen LogP contribution in [0, 0.1) is 11.8 Å². The van der Waals surface area contributed by atoms with E-state index in [2.05, 4.69) is 13.0 Å². The van der Waals surface area contributed by atoms with Crippen molar-refractivity contribution in [3.05, 3.63) is 21.4 Å². The highest BCUT2D eigenvalue weighted by atomic mass is 32.2. The molecule has 19 heavy (non-hydrogen) atoms. The van der Waals surface area contributed by atoms with Gasteiger partial charge >= 0.3 is 0 Å². The van der Waals surface area contributed by atoms with Crippen molar-refractivity contribution in [2.24, 2.45) is 11.8 Å². The number of thioether (sulfide) groups is 1. The van der Waals surface area contributed by atoms with Crippen LogP contribution in [0.1, 0.15) is 59.1 Å². The topological polar surface area (TPSA) is 17.1 Å². The fraction of sp³-hybridized carbons (Fsp3) is 0.688. The third kappa shape index (κ3) is 2.92. The van der Waals surface area contributed by atoms with Crippen molar-refractivity contribution in [1.82, 2.24) is 0 Å². The summed E-state index contributed by atoms with van der Waals surface area (Å²) >= 11 is 3.78. The smallest absolute Gasteiger partial charge is 0.175 e. The number of hydrogen-bond acceptors (Lipinski definition) is 3. The molecule has 0 radical (unpaired) electrons. The van der Waals surface area contributed by atoms with Gasteiger partial charge in [-0.1, -0.05) is 26.2 Å². The van der Waals surface area contributed by atoms with E-state index in [1.807, 2.05) is 11.8 Å². The highest BCUT2D eigenvalue weighted by molar-refractivity contribution is 7.98. The van der Waals surface area contributed by atoms with E-state index in [-0.39, 0.29) is 0 Å². The first kappa shape index (κ1) is 13.7. The molecule has 0 amide bonds. The van der Waals surface area contributed by atoms with Gasteiger partial charge in [0.1, 0.15) is 0 Å². The van der Waals surface area contributed by atoms with Gasteiger partial charge in [-0.05, 0) is 42.6 Å². The summed E-state index contributed by atoms with van der Waals surface area (Å²) in [6, 6.07) is 2.20. The molecule has 0 aromatic carbocycles. The van der Waals surface area contributed by atoms with Gasteiger partial charge in [0.05, 0.1) is 4.88 Å². The Morgan fingerprint density at radius 3 is 3.11 bits per heavy atom. The van der Waals surface area contributed by atoms with Gasteiger partial charge in [0.15, 0.2) is 5.78 Å². The normalized spacial score (nSPS) is 27.0. The van der Waals surface area contributed by atoms with Crippen LogP contribution in [-0.4, -0.2) is 11.5 Å². The van der Waals surface area contributed by atoms with Crippen molar-refractivity contribution in [3.63, 3.8) is 0 Å². The zero-order valence-electron chi connectivity index (χ0n) is 11.6. The maximum absolute atomic E-state index is 12.7. The molecule has 2 atom stereocenters. The minimum Gasteiger partial charge on any atom is -0.293 e. The quantitative estimate of drug-likeness (QED) is 0.735. The predicted molar refractivity (Wildman–Crippen MR) is 84.3 cm³/mol. The minimum atomic E-state index is 0.312. The Bertz CT molecular complexity index is 440. The van der Waals surface area contributed by atoms with Crippen LogP contribution in [0.4, 0.5) is 0 Å². The average molecular weight is 294 g/mol. The van der Waals surface area contributed by atoms with Crippen LogP contribution in [0.25, 0.3) is 0 Å². The number of aryl methyl sites for hydroxylation is 1. The first-order valence-corrected chi connectivity index (χ1v) is 9.48. The van der Waals surface area contributed by atoms with Gasteiger partial charge in [0.25, 0.3) is 0 Å². The maximum atomic E-state index is 12.7. The van der Waals surface area contributed by atoms with Gasteiger partial charge in [-0.2, -0.15) is 11.8 Å². The van der Waals surface area contributed by atoms with Crippen molar-refractivity contribution in [2.75, 3.05) is 5.75 Å². The third-order valence-corrected chi connectivity index (χ3v) is 6.86. The molecule has 2 heterocycles. The monoisotopic (exact) mass is 294 g/mol. The van der Waals surface area contributed by atoms with Crippen molar-refractivity contribution in [3.8, 4) is 0 Å². The van der Waals surface area contributed by atoms with Crippen LogP contribution in [0.2, 0.25) is 0 Å². The first-order chi connectivity index (χ1) is 9.28. The number of fused-ring (bicyclic) bond motifs is 1. The predicted octanol–water partition coefficient (Wildman–Crippen LogP) is 4.94. The molecule has 1 nitrogen and oxygen atoms in total. The zero-order chi connectivity index (χ0) is 13.2. The Labute approximate surface area is 124 Å². The van der Waals surface area contributed by atoms with Gasteiger partial charge in [-0.3, -0.25) is 4.79 Å². The third-order valence-electron chi connectivity index (χ3n) is 4.60. The lowest BCUT2D eigenvalue weighted by Gasteiger charge is -2.27. The van der Waals surface area contributed by atoms with Crippen molar-refractivity contribution in [1.29, 1.82) is 0 Å². The van der Waals surface area contributed by atoms with E-state index >= 15 is 0 Å². The second-order valence-corrected chi connectivity index (χ2v) is 8.11. The second kappa shape index (κ2) is 6.01. The molecule has 104 valence electrons. The molecule has 1 aliphatic heterocycles. The number of ketones is 1. The van der Waals surface area contributed by atoms with E-state index < -0.39 is 0 Å². The summed E-state index contributed by atoms with van der Waals surface area (Å²) in [4.78, 5) is 15.2. The first-order valence-electron chi connectivity index (χ1n) is 7.51. The fourth-order valence-electron chi connectivity index (χ4n) is 3.37. The van der Waals surface area contributed by atoms with E-state index in [1.165, 1.54) is 41.9 Å². The maximum Gasteiger partial charge on any atom is 0.175 e. The van der Waals surface area contributed by atoms with Crippen LogP contribution in [0.3, 0.4) is 0 Å². The van der Waals surface area contributed by atoms with E-state index in [0.29, 0.717) is 11.7 Å². The second-order valence-electron chi connectivity index (χ2n) is 5.86. The number of hydrogen-bond donors (Lipinski definition) is 0. The molecule has 0 saturated heterocycles. The van der Waals surface area contributed by atoms with Crippen LogP contribution in [0.5, 0.6) is 0 Å². The minimum absolute atomic E-state index is 0.312. The van der Waals surface area contributed by atoms with Gasteiger partial charge in [0, 0.05) is 16.5 Å². The molecular formula is C16H22OS2. The van der Waals surface area contributed by atoms with Gasteiger partial charge in [-0.15, -0.1) is 11.3 Å². The Kier molecular flexibility index (Phi) is 4.33. The number of carbonyl (C=O) groups is 1. The molecule has 0 N–H and O–H groups in total. The van der Waals surface area contributed by atoms with Crippen LogP contribution in [-0.2, 0) is 12.2 Å². The van der Waals surface area contributed by atoms with E-state index in [4.69, 9.17) is 0 Å². The van der Waals surface area contributed by atoms with Crippen LogP contribution < -0.4 is 0 Å². The van der Waals surface area contributed by atoms with Gasteiger partial charge < -0.3 is 0 Å². The molecule has 2 unspecified atom stereocenters. The summed E-state index contributed by atoms with van der Waals surface area (Å²) in [7, 11) is 0. The Morgan fingerprint density at radius 2 is 2.32 bits per heavy atom. The molecule has 3 rings (SSSR count). The Balaban J connectivity index is 1.74. The molecule has 3 heteroatoms. The molecule has 1 aromatic heterocycles. The number of carbonyl (C=O) groups excluding carboxylic acids is 1. The van der Waals surface area contributed by atoms with Crippen molar-refractivity contribution in [2.45, 2.75) is 51.2 Å². The highest BCUT2D eigenvalue weighted by Crippen LogP contribution is 2.37. The summed E-state index contributed by atoms with van der Waals surface area (Å²) in [5.74, 6) is 3.88. The Hall–Kier alpha value is -0.280. The molecular weight excluding hydrogens is 272 g/mol. The van der Waals surface area contributed by atoms with E-state index in [9.17, 15) is 4.79 Å². The van der Waals surface area contributed by atoms with Gasteiger partial charge in [0.2, 0.25) is 0 Å². The molecule has 1 aromatic rings. The summed E-state index contributed by atoms with van der Waals surface area (Å²) < 4.78 is 0. The molecule has 1 fully saturated rings. The van der Waals surface area contributed by atoms with Crippen molar-refractivity contribution >= 4 is 28.9 Å². The van der Waals surface area contributed by atoms with Crippen LogP contribution >= 0.6 is 23.1 Å². The standard InChI is InChI=1S/C16H22OS2/c1-2-11-4-3-5-12(8-11)16(17)15-9-13-10-18-7-6-14(13)19-15/h9,11-12H,2-8,10H2,1H3. The summed E-state index contributed by atoms with van der Waals surface area (Å²) in [5, 5.41) is 0. The zero-order valence-corrected chi connectivity index (χ0v) is 13.2. The number of Topliss-reactive ketones (excluding diaryl/α,β-unsaturated/α-hetero) is 1. The lowest BCUT2D eigenvalue weighted by atomic mass is 9.78. The molecule has 1 aliphatic carbocycles. The molecule has 2 aliphatic rings. The highest BCUT2D eigenvalue weighted by Gasteiger charge is 2.28. The average Bonchev–Trinajstić information content (AvgIpc) is 2.90. The molecule has 0 spiro atoms. The fourth-order valence-corrected chi connectivity index (χ4v) is 5.76. The molecule has 0 bridgehead atoms. The number of thiophene rings is 1. The van der Waals surface area contributed by atoms with E-state index in [1.54, 1.807) is 11.3 Å². The van der Waals surface area contributed by atoms with Crippen molar-refractivity contribution < 1.29 is 4.79 Å². The van der Waals surface area contributed by atoms with Crippen LogP contribution in [0.15, 0.2) is 6.07 Å². The number of rotatable bonds is 3. The summed E-state index contributed by atoms with van der Waals surface area (Å²) in [6.07, 6.45) is 7.23. The molecule has 1 saturated carbocycles. The Morgan fingerprint density at radius 1 is 1.42 bits per heavy atom. The SMILES string of the molecule is CCC1CCCC(C(=O)c2cc3c(s2)CCSC3)C1. The summed E-state index contributed by atoms with van der Waals surface area (Å²) in [5.41, 5.74) is 1.44. The van der Waals surface area contributed by atoms with Gasteiger partial charge in [-0.25, -0.2) is 0 Å². The largest absolute Gasteiger partial charge is 0.293 e. The lowest BCUT2D eigenvalue weighted by Crippen LogP contribution is -2.22.